The van der Waals surface area contributed by atoms with Gasteiger partial charge in [0.1, 0.15) is 54.0 Å². The maximum Gasteiger partial charge on any atom is 0.302 e. The Labute approximate surface area is 216 Å². The van der Waals surface area contributed by atoms with Gasteiger partial charge in [-0.05, 0) is 18.2 Å². The first-order valence-electron chi connectivity index (χ1n) is 11.4. The van der Waals surface area contributed by atoms with E-state index in [9.17, 15) is 35.4 Å². The van der Waals surface area contributed by atoms with Crippen molar-refractivity contribution in [3.05, 3.63) is 41.2 Å². The van der Waals surface area contributed by atoms with Crippen LogP contribution in [0.15, 0.2) is 30.0 Å². The number of aliphatic hydroxyl groups is 3. The molecule has 0 aromatic heterocycles. The molecule has 0 spiro atoms. The molecule has 38 heavy (non-hydrogen) atoms. The van der Waals surface area contributed by atoms with E-state index >= 15 is 0 Å². The maximum absolute atomic E-state index is 11.2. The SMILES string of the molecule is COc1cc(C2Oc3cc(O)cc(O)c3C=C2O[C@@H]2O[C@H](COC(C)=O)[C@H](O)[C@@H](O)[C@H]2O)cc(OC)c1O. The van der Waals surface area contributed by atoms with Crippen LogP contribution >= 0.6 is 0 Å². The van der Waals surface area contributed by atoms with Gasteiger partial charge in [-0.1, -0.05) is 0 Å². The fourth-order valence-corrected chi connectivity index (χ4v) is 4.12. The quantitative estimate of drug-likeness (QED) is 0.271. The highest BCUT2D eigenvalue weighted by atomic mass is 16.7. The van der Waals surface area contributed by atoms with E-state index in [0.717, 1.165) is 13.0 Å². The number of rotatable bonds is 7. The second kappa shape index (κ2) is 10.8. The van der Waals surface area contributed by atoms with Crippen LogP contribution in [0.5, 0.6) is 34.5 Å². The number of phenols is 3. The number of methoxy groups -OCH3 is 2. The molecule has 0 saturated carbocycles. The van der Waals surface area contributed by atoms with Crippen molar-refractivity contribution in [2.24, 2.45) is 0 Å². The summed E-state index contributed by atoms with van der Waals surface area (Å²) in [5.41, 5.74) is 0.465. The lowest BCUT2D eigenvalue weighted by atomic mass is 9.98. The highest BCUT2D eigenvalue weighted by Gasteiger charge is 2.46. The third-order valence-electron chi connectivity index (χ3n) is 6.07. The minimum Gasteiger partial charge on any atom is -0.508 e. The molecule has 0 aliphatic carbocycles. The van der Waals surface area contributed by atoms with E-state index in [1.54, 1.807) is 0 Å². The lowest BCUT2D eigenvalue weighted by molar-refractivity contribution is -0.294. The molecule has 1 saturated heterocycles. The molecule has 4 rings (SSSR count). The van der Waals surface area contributed by atoms with E-state index in [-0.39, 0.29) is 45.8 Å². The molecule has 1 fully saturated rings. The number of carbonyl (C=O) groups is 1. The van der Waals surface area contributed by atoms with Crippen molar-refractivity contribution in [2.75, 3.05) is 20.8 Å². The molecule has 2 aliphatic heterocycles. The number of aliphatic hydroxyl groups excluding tert-OH is 3. The first-order valence-corrected chi connectivity index (χ1v) is 11.4. The monoisotopic (exact) mass is 536 g/mol. The van der Waals surface area contributed by atoms with Gasteiger partial charge in [0.2, 0.25) is 12.0 Å². The van der Waals surface area contributed by atoms with Crippen molar-refractivity contribution in [2.45, 2.75) is 43.7 Å². The number of fused-ring (bicyclic) bond motifs is 1. The van der Waals surface area contributed by atoms with Crippen LogP contribution in [0.2, 0.25) is 0 Å². The third kappa shape index (κ3) is 5.22. The molecule has 206 valence electrons. The van der Waals surface area contributed by atoms with Gasteiger partial charge in [-0.15, -0.1) is 0 Å². The fourth-order valence-electron chi connectivity index (χ4n) is 4.12. The molecule has 2 aromatic carbocycles. The highest BCUT2D eigenvalue weighted by molar-refractivity contribution is 5.70. The normalized spacial score (nSPS) is 26.4. The maximum atomic E-state index is 11.2. The smallest absolute Gasteiger partial charge is 0.302 e. The van der Waals surface area contributed by atoms with E-state index in [0.29, 0.717) is 5.56 Å². The Kier molecular flexibility index (Phi) is 7.73. The summed E-state index contributed by atoms with van der Waals surface area (Å²) >= 11 is 0. The minimum atomic E-state index is -1.74. The molecule has 6 atom stereocenters. The van der Waals surface area contributed by atoms with Crippen LogP contribution in [0.3, 0.4) is 0 Å². The lowest BCUT2D eigenvalue weighted by Crippen LogP contribution is -2.59. The first kappa shape index (κ1) is 27.1. The van der Waals surface area contributed by atoms with E-state index in [4.69, 9.17) is 28.4 Å². The molecule has 2 aliphatic rings. The van der Waals surface area contributed by atoms with Crippen molar-refractivity contribution in [3.63, 3.8) is 0 Å². The Hall–Kier alpha value is -3.91. The Balaban J connectivity index is 1.75. The van der Waals surface area contributed by atoms with Gasteiger partial charge in [-0.3, -0.25) is 4.79 Å². The number of benzene rings is 2. The lowest BCUT2D eigenvalue weighted by Gasteiger charge is -2.41. The Morgan fingerprint density at radius 3 is 2.21 bits per heavy atom. The summed E-state index contributed by atoms with van der Waals surface area (Å²) in [4.78, 5) is 11.2. The van der Waals surface area contributed by atoms with Gasteiger partial charge in [0.05, 0.1) is 19.8 Å². The van der Waals surface area contributed by atoms with Gasteiger partial charge >= 0.3 is 5.97 Å². The molecule has 1 unspecified atom stereocenters. The predicted octanol–water partition coefficient (Wildman–Crippen LogP) is 0.682. The summed E-state index contributed by atoms with van der Waals surface area (Å²) in [6.45, 7) is 0.736. The molecular formula is C25H28O13. The average Bonchev–Trinajstić information content (AvgIpc) is 2.88. The number of carbonyl (C=O) groups excluding carboxylic acids is 1. The number of hydrogen-bond donors (Lipinski definition) is 6. The van der Waals surface area contributed by atoms with Crippen molar-refractivity contribution in [1.29, 1.82) is 0 Å². The highest BCUT2D eigenvalue weighted by Crippen LogP contribution is 2.47. The summed E-state index contributed by atoms with van der Waals surface area (Å²) in [5.74, 6) is -1.39. The summed E-state index contributed by atoms with van der Waals surface area (Å²) in [6, 6.07) is 5.23. The van der Waals surface area contributed by atoms with Gasteiger partial charge in [0, 0.05) is 24.6 Å². The summed E-state index contributed by atoms with van der Waals surface area (Å²) < 4.78 is 32.9. The standard InChI is InChI=1S/C25H28O13/c1-10(26)35-9-19-21(30)22(31)23(32)25(38-19)37-18-8-13-14(28)6-12(27)7-15(13)36-24(18)11-4-16(33-2)20(29)17(5-11)34-3/h4-8,19,21-25,27-32H,9H2,1-3H3/t19-,21+,22-,23-,24?,25-/m1/s1. The van der Waals surface area contributed by atoms with Crippen LogP contribution in [0.4, 0.5) is 0 Å². The summed E-state index contributed by atoms with van der Waals surface area (Å²) in [6.07, 6.45) is -7.61. The average molecular weight is 536 g/mol. The Bertz CT molecular complexity index is 1200. The van der Waals surface area contributed by atoms with Crippen molar-refractivity contribution >= 4 is 12.0 Å². The van der Waals surface area contributed by atoms with Gasteiger partial charge < -0.3 is 59.1 Å². The third-order valence-corrected chi connectivity index (χ3v) is 6.07. The van der Waals surface area contributed by atoms with Gasteiger partial charge in [0.15, 0.2) is 17.6 Å². The number of hydrogen-bond acceptors (Lipinski definition) is 13. The van der Waals surface area contributed by atoms with Crippen molar-refractivity contribution in [3.8, 4) is 34.5 Å². The van der Waals surface area contributed by atoms with E-state index in [2.05, 4.69) is 0 Å². The summed E-state index contributed by atoms with van der Waals surface area (Å²) in [7, 11) is 2.67. The van der Waals surface area contributed by atoms with Crippen molar-refractivity contribution in [1.82, 2.24) is 0 Å². The van der Waals surface area contributed by atoms with Crippen LogP contribution in [0, 0.1) is 0 Å². The zero-order chi connectivity index (χ0) is 27.7. The molecule has 2 aromatic rings. The zero-order valence-electron chi connectivity index (χ0n) is 20.6. The number of aromatic hydroxyl groups is 3. The predicted molar refractivity (Wildman–Crippen MR) is 127 cm³/mol. The van der Waals surface area contributed by atoms with Crippen LogP contribution in [-0.4, -0.2) is 88.1 Å². The van der Waals surface area contributed by atoms with E-state index < -0.39 is 49.4 Å². The van der Waals surface area contributed by atoms with Crippen LogP contribution in [-0.2, 0) is 19.0 Å². The zero-order valence-corrected chi connectivity index (χ0v) is 20.6. The van der Waals surface area contributed by atoms with Crippen LogP contribution in [0.25, 0.3) is 6.08 Å². The molecule has 0 radical (unpaired) electrons. The van der Waals surface area contributed by atoms with Gasteiger partial charge in [-0.25, -0.2) is 0 Å². The summed E-state index contributed by atoms with van der Waals surface area (Å²) in [5, 5.41) is 61.9. The number of ether oxygens (including phenoxy) is 6. The fraction of sp³-hybridized carbons (Fsp3) is 0.400. The van der Waals surface area contributed by atoms with E-state index in [1.807, 2.05) is 0 Å². The Morgan fingerprint density at radius 2 is 1.61 bits per heavy atom. The molecule has 0 bridgehead atoms. The second-order valence-corrected chi connectivity index (χ2v) is 8.63. The molecular weight excluding hydrogens is 508 g/mol. The number of phenolic OH excluding ortho intramolecular Hbond substituents is 3. The molecule has 13 nitrogen and oxygen atoms in total. The largest absolute Gasteiger partial charge is 0.508 e. The molecule has 6 N–H and O–H groups in total. The van der Waals surface area contributed by atoms with Gasteiger partial charge in [-0.2, -0.15) is 0 Å². The van der Waals surface area contributed by atoms with Gasteiger partial charge in [0.25, 0.3) is 0 Å². The van der Waals surface area contributed by atoms with Crippen LogP contribution < -0.4 is 14.2 Å². The molecule has 0 amide bonds. The number of esters is 1. The Morgan fingerprint density at radius 1 is 0.947 bits per heavy atom. The van der Waals surface area contributed by atoms with Crippen LogP contribution in [0.1, 0.15) is 24.2 Å². The second-order valence-electron chi connectivity index (χ2n) is 8.63. The minimum absolute atomic E-state index is 0.0350. The first-order chi connectivity index (χ1) is 18.0. The topological polar surface area (TPSA) is 194 Å². The molecule has 13 heteroatoms. The molecule has 2 heterocycles. The van der Waals surface area contributed by atoms with Crippen molar-refractivity contribution < 1.29 is 63.9 Å². The van der Waals surface area contributed by atoms with E-state index in [1.165, 1.54) is 38.5 Å².